The van der Waals surface area contributed by atoms with Crippen molar-refractivity contribution in [1.82, 2.24) is 23.8 Å². The SMILES string of the molecule is COCCOCCNS(=O)(=O)CCCOC1c2cc(CC(=O)O)ccc2-c2ccc(-c3ccc4c(c3)C(OCCCS(=O)(=O)N(CCCNC(=O)OC(C)(C)C)CCOCCOC)C(OCCCS(=O)(=O)NCCOCCOC)c3cc(CC(=O)O)ccc3-4)cc2C1OCCCS(=O)(=O)NCCOCCOC. The van der Waals surface area contributed by atoms with Crippen molar-refractivity contribution in [2.75, 3.05) is 196 Å². The molecule has 6 N–H and O–H groups in total. The lowest BCUT2D eigenvalue weighted by molar-refractivity contribution is -0.137. The molecule has 4 atom stereocenters. The second kappa shape index (κ2) is 46.2. The highest BCUT2D eigenvalue weighted by atomic mass is 32.2. The Balaban J connectivity index is 1.41. The molecule has 0 aliphatic heterocycles. The van der Waals surface area contributed by atoms with Crippen molar-refractivity contribution < 1.29 is 120 Å². The predicted octanol–water partition coefficient (Wildman–Crippen LogP) is 5.72. The number of ether oxygens (including phenoxy) is 13. The number of alkyl carbamates (subject to hydrolysis) is 1. The van der Waals surface area contributed by atoms with Crippen molar-refractivity contribution in [2.45, 2.75) is 95.7 Å². The van der Waals surface area contributed by atoms with E-state index in [-0.39, 0.29) is 193 Å². The minimum Gasteiger partial charge on any atom is -0.481 e. The number of methoxy groups -OCH3 is 4. The maximum atomic E-state index is 14.4. The van der Waals surface area contributed by atoms with Crippen LogP contribution in [0.4, 0.5) is 4.79 Å². The zero-order valence-electron chi connectivity index (χ0n) is 62.3. The highest BCUT2D eigenvalue weighted by Gasteiger charge is 2.39. The Morgan fingerprint density at radius 2 is 0.738 bits per heavy atom. The fraction of sp³-hybridized carbons (Fsp3) is 0.625. The van der Waals surface area contributed by atoms with Crippen molar-refractivity contribution in [3.8, 4) is 33.4 Å². The van der Waals surface area contributed by atoms with Gasteiger partial charge in [0.05, 0.1) is 115 Å². The van der Waals surface area contributed by atoms with E-state index in [0.29, 0.717) is 86.6 Å². The highest BCUT2D eigenvalue weighted by molar-refractivity contribution is 7.90. The van der Waals surface area contributed by atoms with Crippen LogP contribution in [0.25, 0.3) is 33.4 Å². The normalized spacial score (nSPS) is 15.9. The largest absolute Gasteiger partial charge is 0.481 e. The molecule has 0 bridgehead atoms. The summed E-state index contributed by atoms with van der Waals surface area (Å²) in [6, 6.07) is 21.8. The van der Waals surface area contributed by atoms with Gasteiger partial charge in [0, 0.05) is 94.1 Å². The number of sulfonamides is 4. The Morgan fingerprint density at radius 3 is 1.08 bits per heavy atom. The Morgan fingerprint density at radius 1 is 0.402 bits per heavy atom. The van der Waals surface area contributed by atoms with Crippen molar-refractivity contribution in [1.29, 1.82) is 0 Å². The van der Waals surface area contributed by atoms with E-state index in [1.807, 2.05) is 36.4 Å². The molecule has 4 aromatic rings. The lowest BCUT2D eigenvalue weighted by Gasteiger charge is -2.37. The Labute approximate surface area is 630 Å². The van der Waals surface area contributed by atoms with Crippen molar-refractivity contribution in [2.24, 2.45) is 0 Å². The summed E-state index contributed by atoms with van der Waals surface area (Å²) in [5, 5.41) is 22.7. The molecule has 31 nitrogen and oxygen atoms in total. The van der Waals surface area contributed by atoms with Crippen LogP contribution in [0.1, 0.15) is 111 Å². The van der Waals surface area contributed by atoms with Crippen LogP contribution >= 0.6 is 0 Å². The first kappa shape index (κ1) is 90.1. The van der Waals surface area contributed by atoms with E-state index in [0.717, 1.165) is 0 Å². The van der Waals surface area contributed by atoms with E-state index >= 15 is 0 Å². The van der Waals surface area contributed by atoms with E-state index in [4.69, 9.17) is 61.6 Å². The van der Waals surface area contributed by atoms with Crippen LogP contribution in [-0.2, 0) is 124 Å². The van der Waals surface area contributed by atoms with Crippen LogP contribution in [0.2, 0.25) is 0 Å². The topological polar surface area (TPSA) is 400 Å². The standard InChI is InChI=1S/C72H109N5O26S4/c1-72(2,3)103-71(82)73-21-8-25-77(26-34-98-42-38-94-7)107(89,90)46-12-30-102-70-64-52-56(16-20-60(64)58-18-14-54(50-66(80)81)48-62(58)68(70)100-28-10-44-105(85,86)75-23-32-96-40-36-92-5)55-15-19-59-57-17-13-53(49-65(78)79)47-61(57)67(99-27-9-43-104(83,84)74-22-31-95-39-35-91-4)69(63(59)51-55)101-29-11-45-106(87,88)76-24-33-97-41-37-93-6/h13-20,47-48,51-52,67-70,74-76H,8-12,21-46,49-50H2,1-7H3,(H,73,82)(H,78,79)(H,80,81). The number of aliphatic carboxylic acids is 2. The molecule has 0 saturated carbocycles. The zero-order chi connectivity index (χ0) is 77.9. The van der Waals surface area contributed by atoms with Crippen LogP contribution in [0.5, 0.6) is 0 Å². The van der Waals surface area contributed by atoms with Crippen LogP contribution in [-0.4, -0.2) is 268 Å². The molecule has 2 aliphatic rings. The van der Waals surface area contributed by atoms with Gasteiger partial charge < -0.3 is 77.1 Å². The third-order valence-corrected chi connectivity index (χ3v) is 23.1. The molecule has 1 amide bonds. The van der Waals surface area contributed by atoms with Crippen LogP contribution in [0.15, 0.2) is 72.8 Å². The molecule has 4 unspecified atom stereocenters. The summed E-state index contributed by atoms with van der Waals surface area (Å²) in [6.45, 7) is 7.57. The van der Waals surface area contributed by atoms with Gasteiger partial charge in [-0.3, -0.25) is 9.59 Å². The number of benzene rings is 4. The minimum atomic E-state index is -4.04. The summed E-state index contributed by atoms with van der Waals surface area (Å²) in [6.07, 6.45) is -5.22. The summed E-state index contributed by atoms with van der Waals surface area (Å²) in [4.78, 5) is 37.0. The zero-order valence-corrected chi connectivity index (χ0v) is 65.6. The molecule has 0 saturated heterocycles. The predicted molar refractivity (Wildman–Crippen MR) is 399 cm³/mol. The summed E-state index contributed by atoms with van der Waals surface area (Å²) in [5.41, 5.74) is 6.29. The van der Waals surface area contributed by atoms with Crippen molar-refractivity contribution in [3.63, 3.8) is 0 Å². The number of fused-ring (bicyclic) bond motifs is 6. The molecule has 35 heteroatoms. The fourth-order valence-electron chi connectivity index (χ4n) is 11.8. The maximum absolute atomic E-state index is 14.4. The maximum Gasteiger partial charge on any atom is 0.407 e. The van der Waals surface area contributed by atoms with Gasteiger partial charge in [-0.15, -0.1) is 0 Å². The number of nitrogens with zero attached hydrogens (tertiary/aromatic N) is 1. The van der Waals surface area contributed by atoms with Gasteiger partial charge >= 0.3 is 18.0 Å². The van der Waals surface area contributed by atoms with Gasteiger partial charge in [0.1, 0.15) is 30.0 Å². The number of nitrogens with one attached hydrogen (secondary N) is 4. The first-order valence-corrected chi connectivity index (χ1v) is 42.2. The molecule has 4 aromatic carbocycles. The van der Waals surface area contributed by atoms with E-state index in [1.54, 1.807) is 57.2 Å². The van der Waals surface area contributed by atoms with Crippen molar-refractivity contribution in [3.05, 3.63) is 106 Å². The first-order chi connectivity index (χ1) is 51.1. The minimum absolute atomic E-state index is 0.00372. The molecule has 0 radical (unpaired) electrons. The average Bonchev–Trinajstić information content (AvgIpc) is 0.743. The number of carboxylic acids is 2. The van der Waals surface area contributed by atoms with Gasteiger partial charge in [-0.1, -0.05) is 60.7 Å². The first-order valence-electron chi connectivity index (χ1n) is 35.7. The van der Waals surface area contributed by atoms with Gasteiger partial charge in [0.25, 0.3) is 0 Å². The van der Waals surface area contributed by atoms with Crippen molar-refractivity contribution >= 4 is 58.1 Å². The summed E-state index contributed by atoms with van der Waals surface area (Å²) >= 11 is 0. The molecule has 0 spiro atoms. The van der Waals surface area contributed by atoms with E-state index in [2.05, 4.69) is 19.5 Å². The second-order valence-electron chi connectivity index (χ2n) is 26.2. The fourth-order valence-corrected chi connectivity index (χ4v) is 16.4. The van der Waals surface area contributed by atoms with Gasteiger partial charge in [-0.2, -0.15) is 4.31 Å². The number of carboxylic acid groups (broad SMARTS) is 2. The Hall–Kier alpha value is -5.75. The van der Waals surface area contributed by atoms with E-state index < -0.39 is 88.1 Å². The summed E-state index contributed by atoms with van der Waals surface area (Å²) in [5.74, 6) is -3.56. The molecule has 0 aromatic heterocycles. The number of carbonyl (C=O) groups is 3. The molecule has 2 aliphatic carbocycles. The Kier molecular flexibility index (Phi) is 38.9. The van der Waals surface area contributed by atoms with E-state index in [9.17, 15) is 58.3 Å². The average molecular weight is 1590 g/mol. The summed E-state index contributed by atoms with van der Waals surface area (Å²) in [7, 11) is -9.43. The Bertz CT molecular complexity index is 3880. The van der Waals surface area contributed by atoms with Gasteiger partial charge in [0.15, 0.2) is 0 Å². The van der Waals surface area contributed by atoms with Gasteiger partial charge in [-0.25, -0.2) is 52.6 Å². The molecule has 6 rings (SSSR count). The number of amides is 1. The van der Waals surface area contributed by atoms with E-state index in [1.165, 1.54) is 32.7 Å². The lowest BCUT2D eigenvalue weighted by atomic mass is 9.78. The molecule has 602 valence electrons. The summed E-state index contributed by atoms with van der Waals surface area (Å²) < 4.78 is 192. The number of rotatable bonds is 57. The molecule has 0 fully saturated rings. The lowest BCUT2D eigenvalue weighted by Crippen LogP contribution is -2.39. The van der Waals surface area contributed by atoms with Crippen LogP contribution in [0, 0.1) is 0 Å². The highest BCUT2D eigenvalue weighted by Crippen LogP contribution is 2.52. The number of carbonyl (C=O) groups excluding carboxylic acids is 1. The smallest absolute Gasteiger partial charge is 0.407 e. The van der Waals surface area contributed by atoms with Gasteiger partial charge in [-0.05, 0) is 132 Å². The van der Waals surface area contributed by atoms with Crippen LogP contribution in [0.3, 0.4) is 0 Å². The third-order valence-electron chi connectivity index (χ3n) is 16.7. The van der Waals surface area contributed by atoms with Gasteiger partial charge in [0.2, 0.25) is 40.1 Å². The molecule has 0 heterocycles. The monoisotopic (exact) mass is 1590 g/mol. The quantitative estimate of drug-likeness (QED) is 0.0288. The third kappa shape index (κ3) is 31.9. The molecular formula is C72H109N5O26S4. The molecular weight excluding hydrogens is 1480 g/mol. The second-order valence-corrected chi connectivity index (χ2v) is 34.1. The number of hydrogen-bond donors (Lipinski definition) is 6. The number of hydrogen-bond acceptors (Lipinski definition) is 24. The van der Waals surface area contributed by atoms with Crippen LogP contribution < -0.4 is 19.5 Å². The molecule has 107 heavy (non-hydrogen) atoms.